The number of aromatic nitrogens is 1. The van der Waals surface area contributed by atoms with Gasteiger partial charge in [-0.05, 0) is 37.1 Å². The SMILES string of the molecule is Cc1onc(-c2c(F)cccc2Cl)c1C(=O)NC1CCSc2c(F)cccc21. The van der Waals surface area contributed by atoms with Crippen LogP contribution in [0.5, 0.6) is 0 Å². The lowest BCUT2D eigenvalue weighted by Crippen LogP contribution is -2.31. The number of benzene rings is 2. The lowest BCUT2D eigenvalue weighted by atomic mass is 10.0. The number of halogens is 3. The Bertz CT molecular complexity index is 1050. The molecular weight excluding hydrogens is 406 g/mol. The van der Waals surface area contributed by atoms with Crippen molar-refractivity contribution in [1.82, 2.24) is 10.5 Å². The van der Waals surface area contributed by atoms with E-state index < -0.39 is 11.7 Å². The Kier molecular flexibility index (Phi) is 5.12. The van der Waals surface area contributed by atoms with Gasteiger partial charge >= 0.3 is 0 Å². The molecule has 0 fully saturated rings. The molecule has 8 heteroatoms. The fraction of sp³-hybridized carbons (Fsp3) is 0.200. The fourth-order valence-electron chi connectivity index (χ4n) is 3.30. The predicted molar refractivity (Wildman–Crippen MR) is 104 cm³/mol. The first-order chi connectivity index (χ1) is 13.5. The van der Waals surface area contributed by atoms with Crippen LogP contribution in [-0.2, 0) is 0 Å². The van der Waals surface area contributed by atoms with Gasteiger partial charge in [0.05, 0.1) is 16.6 Å². The molecule has 144 valence electrons. The van der Waals surface area contributed by atoms with Crippen molar-refractivity contribution in [2.45, 2.75) is 24.3 Å². The van der Waals surface area contributed by atoms with Gasteiger partial charge in [0.2, 0.25) is 0 Å². The van der Waals surface area contributed by atoms with Crippen LogP contribution in [0.1, 0.15) is 34.1 Å². The maximum Gasteiger partial charge on any atom is 0.257 e. The van der Waals surface area contributed by atoms with E-state index >= 15 is 0 Å². The minimum Gasteiger partial charge on any atom is -0.360 e. The molecule has 0 saturated carbocycles. The summed E-state index contributed by atoms with van der Waals surface area (Å²) in [7, 11) is 0. The molecule has 0 aliphatic carbocycles. The van der Waals surface area contributed by atoms with Crippen LogP contribution in [0.15, 0.2) is 45.8 Å². The van der Waals surface area contributed by atoms with Crippen molar-refractivity contribution < 1.29 is 18.1 Å². The second kappa shape index (κ2) is 7.56. The number of aryl methyl sites for hydroxylation is 1. The Morgan fingerprint density at radius 2 is 2.00 bits per heavy atom. The Morgan fingerprint density at radius 3 is 2.79 bits per heavy atom. The number of fused-ring (bicyclic) bond motifs is 1. The van der Waals surface area contributed by atoms with Crippen LogP contribution in [0.2, 0.25) is 5.02 Å². The number of nitrogens with one attached hydrogen (secondary N) is 1. The van der Waals surface area contributed by atoms with Gasteiger partial charge in [-0.25, -0.2) is 8.78 Å². The molecule has 4 rings (SSSR count). The van der Waals surface area contributed by atoms with Crippen LogP contribution < -0.4 is 5.32 Å². The molecule has 1 atom stereocenters. The van der Waals surface area contributed by atoms with Crippen LogP contribution in [0.4, 0.5) is 8.78 Å². The Morgan fingerprint density at radius 1 is 1.25 bits per heavy atom. The van der Waals surface area contributed by atoms with Crippen molar-refractivity contribution in [3.63, 3.8) is 0 Å². The molecule has 1 aliphatic rings. The monoisotopic (exact) mass is 420 g/mol. The fourth-order valence-corrected chi connectivity index (χ4v) is 4.69. The standard InChI is InChI=1S/C20H15ClF2N2O2S/c1-10-16(18(25-27-10)17-12(21)5-3-6-13(17)22)20(26)24-15-8-9-28-19-11(15)4-2-7-14(19)23/h2-7,15H,8-9H2,1H3,(H,24,26). The van der Waals surface area contributed by atoms with E-state index in [1.165, 1.54) is 36.0 Å². The summed E-state index contributed by atoms with van der Waals surface area (Å²) in [6, 6.07) is 8.68. The van der Waals surface area contributed by atoms with Crippen molar-refractivity contribution in [2.75, 3.05) is 5.75 Å². The maximum absolute atomic E-state index is 14.3. The van der Waals surface area contributed by atoms with Crippen LogP contribution in [0.3, 0.4) is 0 Å². The molecular formula is C20H15ClF2N2O2S. The number of carbonyl (C=O) groups is 1. The first-order valence-electron chi connectivity index (χ1n) is 8.60. The summed E-state index contributed by atoms with van der Waals surface area (Å²) < 4.78 is 33.6. The van der Waals surface area contributed by atoms with E-state index in [1.807, 2.05) is 0 Å². The summed E-state index contributed by atoms with van der Waals surface area (Å²) in [5.41, 5.74) is 0.895. The Balaban J connectivity index is 1.70. The smallest absolute Gasteiger partial charge is 0.257 e. The third-order valence-electron chi connectivity index (χ3n) is 4.62. The van der Waals surface area contributed by atoms with Crippen molar-refractivity contribution in [3.8, 4) is 11.3 Å². The molecule has 3 aromatic rings. The molecule has 2 heterocycles. The number of thioether (sulfide) groups is 1. The van der Waals surface area contributed by atoms with E-state index in [-0.39, 0.29) is 39.5 Å². The third kappa shape index (κ3) is 3.29. The van der Waals surface area contributed by atoms with Crippen molar-refractivity contribution in [3.05, 3.63) is 69.9 Å². The Hall–Kier alpha value is -2.38. The largest absolute Gasteiger partial charge is 0.360 e. The quantitative estimate of drug-likeness (QED) is 0.603. The van der Waals surface area contributed by atoms with Crippen LogP contribution in [-0.4, -0.2) is 16.8 Å². The molecule has 0 spiro atoms. The van der Waals surface area contributed by atoms with Gasteiger partial charge in [-0.15, -0.1) is 11.8 Å². The molecule has 0 saturated heterocycles. The van der Waals surface area contributed by atoms with Gasteiger partial charge in [-0.2, -0.15) is 0 Å². The van der Waals surface area contributed by atoms with Gasteiger partial charge < -0.3 is 9.84 Å². The van der Waals surface area contributed by atoms with Crippen LogP contribution in [0.25, 0.3) is 11.3 Å². The molecule has 1 N–H and O–H groups in total. The lowest BCUT2D eigenvalue weighted by molar-refractivity contribution is 0.0934. The van der Waals surface area contributed by atoms with Crippen LogP contribution in [0, 0.1) is 18.6 Å². The zero-order chi connectivity index (χ0) is 19.8. The van der Waals surface area contributed by atoms with Gasteiger partial charge in [-0.3, -0.25) is 4.79 Å². The average molecular weight is 421 g/mol. The third-order valence-corrected chi connectivity index (χ3v) is 6.09. The summed E-state index contributed by atoms with van der Waals surface area (Å²) in [6.45, 7) is 1.57. The van der Waals surface area contributed by atoms with E-state index in [2.05, 4.69) is 10.5 Å². The summed E-state index contributed by atoms with van der Waals surface area (Å²) in [5, 5.41) is 6.89. The van der Waals surface area contributed by atoms with Crippen molar-refractivity contribution >= 4 is 29.3 Å². The van der Waals surface area contributed by atoms with Gasteiger partial charge in [0.25, 0.3) is 5.91 Å². The molecule has 1 amide bonds. The first-order valence-corrected chi connectivity index (χ1v) is 9.96. The van der Waals surface area contributed by atoms with Crippen molar-refractivity contribution in [2.24, 2.45) is 0 Å². The zero-order valence-corrected chi connectivity index (χ0v) is 16.3. The average Bonchev–Trinajstić information content (AvgIpc) is 3.04. The molecule has 0 radical (unpaired) electrons. The lowest BCUT2D eigenvalue weighted by Gasteiger charge is -2.26. The minimum absolute atomic E-state index is 0.0109. The highest BCUT2D eigenvalue weighted by Crippen LogP contribution is 2.38. The highest BCUT2D eigenvalue weighted by molar-refractivity contribution is 7.99. The van der Waals surface area contributed by atoms with E-state index in [4.69, 9.17) is 16.1 Å². The highest BCUT2D eigenvalue weighted by atomic mass is 35.5. The second-order valence-electron chi connectivity index (χ2n) is 6.38. The number of amides is 1. The second-order valence-corrected chi connectivity index (χ2v) is 7.89. The number of hydrogen-bond acceptors (Lipinski definition) is 4. The molecule has 1 aromatic heterocycles. The van der Waals surface area contributed by atoms with E-state index in [0.717, 1.165) is 5.56 Å². The summed E-state index contributed by atoms with van der Waals surface area (Å²) >= 11 is 7.55. The topological polar surface area (TPSA) is 55.1 Å². The number of carbonyl (C=O) groups excluding carboxylic acids is 1. The predicted octanol–water partition coefficient (Wildman–Crippen LogP) is 5.55. The molecule has 4 nitrogen and oxygen atoms in total. The minimum atomic E-state index is -0.601. The van der Waals surface area contributed by atoms with E-state index in [0.29, 0.717) is 17.1 Å². The molecule has 1 aliphatic heterocycles. The molecule has 28 heavy (non-hydrogen) atoms. The zero-order valence-electron chi connectivity index (χ0n) is 14.8. The first kappa shape index (κ1) is 19.0. The molecule has 1 unspecified atom stereocenters. The number of nitrogens with zero attached hydrogens (tertiary/aromatic N) is 1. The molecule has 0 bridgehead atoms. The van der Waals surface area contributed by atoms with Crippen molar-refractivity contribution in [1.29, 1.82) is 0 Å². The van der Waals surface area contributed by atoms with Crippen LogP contribution >= 0.6 is 23.4 Å². The highest BCUT2D eigenvalue weighted by Gasteiger charge is 2.29. The van der Waals surface area contributed by atoms with Gasteiger partial charge in [0.15, 0.2) is 0 Å². The summed E-state index contributed by atoms with van der Waals surface area (Å²) in [6.07, 6.45) is 0.646. The number of hydrogen-bond donors (Lipinski definition) is 1. The summed E-state index contributed by atoms with van der Waals surface area (Å²) in [4.78, 5) is 13.6. The summed E-state index contributed by atoms with van der Waals surface area (Å²) in [5.74, 6) is -0.456. The van der Waals surface area contributed by atoms with E-state index in [9.17, 15) is 13.6 Å². The normalized spacial score (nSPS) is 15.9. The van der Waals surface area contributed by atoms with Gasteiger partial charge in [-0.1, -0.05) is 35.0 Å². The maximum atomic E-state index is 14.3. The van der Waals surface area contributed by atoms with Gasteiger partial charge in [0, 0.05) is 10.6 Å². The number of rotatable bonds is 3. The Labute approximate surface area is 169 Å². The van der Waals surface area contributed by atoms with Gasteiger partial charge in [0.1, 0.15) is 28.7 Å². The van der Waals surface area contributed by atoms with E-state index in [1.54, 1.807) is 19.1 Å². The molecule has 2 aromatic carbocycles.